The molecule has 1 saturated heterocycles. The summed E-state index contributed by atoms with van der Waals surface area (Å²) in [6, 6.07) is 5.95. The SMILES string of the molecule is CCN1CCCC(N)C1c1cc(Cl)ccc1Cl. The molecule has 17 heavy (non-hydrogen) atoms. The van der Waals surface area contributed by atoms with Gasteiger partial charge in [0.2, 0.25) is 0 Å². The van der Waals surface area contributed by atoms with Crippen LogP contribution in [-0.2, 0) is 0 Å². The van der Waals surface area contributed by atoms with Crippen molar-refractivity contribution in [1.82, 2.24) is 4.90 Å². The van der Waals surface area contributed by atoms with E-state index in [4.69, 9.17) is 28.9 Å². The van der Waals surface area contributed by atoms with Crippen molar-refractivity contribution in [2.75, 3.05) is 13.1 Å². The third-order valence-corrected chi connectivity index (χ3v) is 4.04. The van der Waals surface area contributed by atoms with E-state index in [1.807, 2.05) is 18.2 Å². The Morgan fingerprint density at radius 2 is 2.18 bits per heavy atom. The van der Waals surface area contributed by atoms with E-state index < -0.39 is 0 Å². The maximum Gasteiger partial charge on any atom is 0.0514 e. The largest absolute Gasteiger partial charge is 0.326 e. The normalized spacial score (nSPS) is 26.1. The zero-order valence-electron chi connectivity index (χ0n) is 10.00. The Morgan fingerprint density at radius 1 is 1.41 bits per heavy atom. The smallest absolute Gasteiger partial charge is 0.0514 e. The molecule has 1 aliphatic heterocycles. The molecule has 2 unspecified atom stereocenters. The Hall–Kier alpha value is -0.280. The molecule has 0 aliphatic carbocycles. The van der Waals surface area contributed by atoms with Crippen LogP contribution in [0.25, 0.3) is 0 Å². The number of halogens is 2. The predicted molar refractivity (Wildman–Crippen MR) is 73.7 cm³/mol. The molecule has 94 valence electrons. The van der Waals surface area contributed by atoms with Gasteiger partial charge in [-0.25, -0.2) is 0 Å². The van der Waals surface area contributed by atoms with Gasteiger partial charge in [-0.05, 0) is 49.7 Å². The van der Waals surface area contributed by atoms with Crippen LogP contribution in [0.3, 0.4) is 0 Å². The van der Waals surface area contributed by atoms with Crippen molar-refractivity contribution >= 4 is 23.2 Å². The van der Waals surface area contributed by atoms with Crippen molar-refractivity contribution in [3.05, 3.63) is 33.8 Å². The Bertz CT molecular complexity index is 395. The molecule has 0 saturated carbocycles. The van der Waals surface area contributed by atoms with E-state index in [0.717, 1.165) is 41.5 Å². The second kappa shape index (κ2) is 5.57. The Kier molecular flexibility index (Phi) is 4.31. The van der Waals surface area contributed by atoms with Crippen LogP contribution < -0.4 is 5.73 Å². The van der Waals surface area contributed by atoms with Crippen LogP contribution in [0.2, 0.25) is 10.0 Å². The average Bonchev–Trinajstić information content (AvgIpc) is 2.32. The lowest BCUT2D eigenvalue weighted by atomic mass is 9.91. The molecule has 2 nitrogen and oxygen atoms in total. The van der Waals surface area contributed by atoms with Crippen molar-refractivity contribution in [3.63, 3.8) is 0 Å². The molecule has 2 atom stereocenters. The Morgan fingerprint density at radius 3 is 2.88 bits per heavy atom. The molecule has 4 heteroatoms. The number of likely N-dealkylation sites (N-methyl/N-ethyl adjacent to an activating group) is 1. The first-order valence-corrected chi connectivity index (χ1v) is 6.83. The maximum atomic E-state index is 6.28. The van der Waals surface area contributed by atoms with Crippen LogP contribution in [0, 0.1) is 0 Å². The van der Waals surface area contributed by atoms with Gasteiger partial charge in [-0.1, -0.05) is 30.1 Å². The first kappa shape index (κ1) is 13.2. The third-order valence-electron chi connectivity index (χ3n) is 3.46. The van der Waals surface area contributed by atoms with Crippen molar-refractivity contribution in [2.45, 2.75) is 31.8 Å². The number of nitrogens with zero attached hydrogens (tertiary/aromatic N) is 1. The monoisotopic (exact) mass is 272 g/mol. The van der Waals surface area contributed by atoms with Gasteiger partial charge in [0.05, 0.1) is 6.04 Å². The average molecular weight is 273 g/mol. The molecule has 1 fully saturated rings. The van der Waals surface area contributed by atoms with Gasteiger partial charge in [-0.15, -0.1) is 0 Å². The standard InChI is InChI=1S/C13H18Cl2N2/c1-2-17-7-3-4-12(16)13(17)10-8-9(14)5-6-11(10)15/h5-6,8,12-13H,2-4,7,16H2,1H3. The molecule has 0 radical (unpaired) electrons. The predicted octanol–water partition coefficient (Wildman–Crippen LogP) is 3.48. The fourth-order valence-electron chi connectivity index (χ4n) is 2.62. The quantitative estimate of drug-likeness (QED) is 0.893. The van der Waals surface area contributed by atoms with Gasteiger partial charge in [0.1, 0.15) is 0 Å². The van der Waals surface area contributed by atoms with Crippen LogP contribution in [-0.4, -0.2) is 24.0 Å². The van der Waals surface area contributed by atoms with E-state index in [-0.39, 0.29) is 12.1 Å². The van der Waals surface area contributed by atoms with E-state index in [9.17, 15) is 0 Å². The van der Waals surface area contributed by atoms with E-state index in [0.29, 0.717) is 0 Å². The lowest BCUT2D eigenvalue weighted by Crippen LogP contribution is -2.45. The summed E-state index contributed by atoms with van der Waals surface area (Å²) in [4.78, 5) is 2.38. The summed E-state index contributed by atoms with van der Waals surface area (Å²) in [5.74, 6) is 0. The number of hydrogen-bond donors (Lipinski definition) is 1. The van der Waals surface area contributed by atoms with Gasteiger partial charge in [0.15, 0.2) is 0 Å². The van der Waals surface area contributed by atoms with Crippen LogP contribution in [0.4, 0.5) is 0 Å². The highest BCUT2D eigenvalue weighted by atomic mass is 35.5. The summed E-state index contributed by atoms with van der Waals surface area (Å²) in [5.41, 5.74) is 7.32. The van der Waals surface area contributed by atoms with E-state index in [2.05, 4.69) is 11.8 Å². The molecule has 2 rings (SSSR count). The topological polar surface area (TPSA) is 29.3 Å². The van der Waals surface area contributed by atoms with Crippen LogP contribution in [0.1, 0.15) is 31.4 Å². The summed E-state index contributed by atoms with van der Waals surface area (Å²) in [5, 5.41) is 1.48. The number of nitrogens with two attached hydrogens (primary N) is 1. The zero-order chi connectivity index (χ0) is 12.4. The Labute approximate surface area is 113 Å². The van der Waals surface area contributed by atoms with Gasteiger partial charge in [0, 0.05) is 16.1 Å². The van der Waals surface area contributed by atoms with E-state index >= 15 is 0 Å². The lowest BCUT2D eigenvalue weighted by molar-refractivity contribution is 0.136. The minimum Gasteiger partial charge on any atom is -0.326 e. The molecule has 0 spiro atoms. The van der Waals surface area contributed by atoms with Gasteiger partial charge in [-0.2, -0.15) is 0 Å². The molecule has 1 aliphatic rings. The van der Waals surface area contributed by atoms with E-state index in [1.165, 1.54) is 0 Å². The van der Waals surface area contributed by atoms with Crippen molar-refractivity contribution in [2.24, 2.45) is 5.73 Å². The maximum absolute atomic E-state index is 6.28. The highest BCUT2D eigenvalue weighted by Crippen LogP contribution is 2.35. The second-order valence-corrected chi connectivity index (χ2v) is 5.39. The number of likely N-dealkylation sites (tertiary alicyclic amines) is 1. The molecular formula is C13H18Cl2N2. The summed E-state index contributed by atoms with van der Waals surface area (Å²) in [7, 11) is 0. The van der Waals surface area contributed by atoms with Crippen molar-refractivity contribution in [1.29, 1.82) is 0 Å². The summed E-state index contributed by atoms with van der Waals surface area (Å²) in [6.07, 6.45) is 2.20. The fourth-order valence-corrected chi connectivity index (χ4v) is 3.03. The van der Waals surface area contributed by atoms with Crippen molar-refractivity contribution in [3.8, 4) is 0 Å². The second-order valence-electron chi connectivity index (χ2n) is 4.55. The minimum atomic E-state index is 0.139. The number of piperidine rings is 1. The van der Waals surface area contributed by atoms with Crippen molar-refractivity contribution < 1.29 is 0 Å². The molecule has 1 heterocycles. The zero-order valence-corrected chi connectivity index (χ0v) is 11.5. The first-order chi connectivity index (χ1) is 8.13. The highest BCUT2D eigenvalue weighted by Gasteiger charge is 2.30. The van der Waals surface area contributed by atoms with Gasteiger partial charge < -0.3 is 5.73 Å². The molecule has 1 aromatic carbocycles. The molecule has 0 amide bonds. The number of rotatable bonds is 2. The lowest BCUT2D eigenvalue weighted by Gasteiger charge is -2.40. The molecular weight excluding hydrogens is 255 g/mol. The summed E-state index contributed by atoms with van der Waals surface area (Å²) in [6.45, 7) is 4.22. The van der Waals surface area contributed by atoms with Gasteiger partial charge >= 0.3 is 0 Å². The summed E-state index contributed by atoms with van der Waals surface area (Å²) < 4.78 is 0. The fraction of sp³-hybridized carbons (Fsp3) is 0.538. The van der Waals surface area contributed by atoms with E-state index in [1.54, 1.807) is 0 Å². The molecule has 0 bridgehead atoms. The van der Waals surface area contributed by atoms with Crippen LogP contribution >= 0.6 is 23.2 Å². The molecule has 1 aromatic rings. The molecule has 0 aromatic heterocycles. The Balaban J connectivity index is 2.37. The first-order valence-electron chi connectivity index (χ1n) is 6.08. The van der Waals surface area contributed by atoms with Gasteiger partial charge in [-0.3, -0.25) is 4.90 Å². The highest BCUT2D eigenvalue weighted by molar-refractivity contribution is 6.33. The number of benzene rings is 1. The summed E-state index contributed by atoms with van der Waals surface area (Å²) >= 11 is 12.3. The van der Waals surface area contributed by atoms with Gasteiger partial charge in [0.25, 0.3) is 0 Å². The third kappa shape index (κ3) is 2.76. The molecule has 2 N–H and O–H groups in total. The number of hydrogen-bond acceptors (Lipinski definition) is 2. The van der Waals surface area contributed by atoms with Crippen LogP contribution in [0.15, 0.2) is 18.2 Å². The van der Waals surface area contributed by atoms with Crippen LogP contribution in [0.5, 0.6) is 0 Å². The minimum absolute atomic E-state index is 0.139.